The lowest BCUT2D eigenvalue weighted by atomic mass is 10.1. The highest BCUT2D eigenvalue weighted by Crippen LogP contribution is 2.18. The van der Waals surface area contributed by atoms with Crippen LogP contribution >= 0.6 is 0 Å². The largest absolute Gasteiger partial charge is 0.477 e. The quantitative estimate of drug-likeness (QED) is 0.747. The summed E-state index contributed by atoms with van der Waals surface area (Å²) in [5.41, 5.74) is 0.823. The number of carbonyl (C=O) groups is 1. The third-order valence-electron chi connectivity index (χ3n) is 2.69. The minimum absolute atomic E-state index is 0.275. The highest BCUT2D eigenvalue weighted by molar-refractivity contribution is 5.94. The van der Waals surface area contributed by atoms with Gasteiger partial charge in [-0.15, -0.1) is 0 Å². The number of anilines is 1. The van der Waals surface area contributed by atoms with E-state index in [1.807, 2.05) is 0 Å². The molecular formula is C12H21N3O2. The van der Waals surface area contributed by atoms with Gasteiger partial charge in [-0.1, -0.05) is 13.8 Å². The van der Waals surface area contributed by atoms with Crippen LogP contribution in [0.3, 0.4) is 0 Å². The molecule has 0 bridgehead atoms. The summed E-state index contributed by atoms with van der Waals surface area (Å²) in [5.74, 6) is 0.338. The van der Waals surface area contributed by atoms with Crippen molar-refractivity contribution in [2.45, 2.75) is 33.6 Å². The Hall–Kier alpha value is -1.52. The molecule has 2 N–H and O–H groups in total. The van der Waals surface area contributed by atoms with E-state index in [1.165, 1.54) is 0 Å². The van der Waals surface area contributed by atoms with Crippen molar-refractivity contribution in [2.75, 3.05) is 11.9 Å². The highest BCUT2D eigenvalue weighted by Gasteiger charge is 2.18. The van der Waals surface area contributed by atoms with Crippen LogP contribution < -0.4 is 5.32 Å². The number of nitrogens with one attached hydrogen (secondary N) is 1. The van der Waals surface area contributed by atoms with E-state index in [4.69, 9.17) is 5.11 Å². The van der Waals surface area contributed by atoms with Crippen LogP contribution in [0.5, 0.6) is 0 Å². The molecule has 1 rings (SSSR count). The van der Waals surface area contributed by atoms with Crippen LogP contribution in [0.1, 0.15) is 42.7 Å². The van der Waals surface area contributed by atoms with Gasteiger partial charge in [0.2, 0.25) is 0 Å². The summed E-state index contributed by atoms with van der Waals surface area (Å²) in [4.78, 5) is 11.1. The van der Waals surface area contributed by atoms with E-state index in [9.17, 15) is 4.79 Å². The Kier molecular flexibility index (Phi) is 4.54. The van der Waals surface area contributed by atoms with Gasteiger partial charge in [-0.25, -0.2) is 4.79 Å². The SMILES string of the molecule is Cc1nn(C)c(NCCCC(C)C)c1C(=O)O. The lowest BCUT2D eigenvalue weighted by Crippen LogP contribution is -2.10. The molecule has 0 atom stereocenters. The molecule has 17 heavy (non-hydrogen) atoms. The Morgan fingerprint density at radius 2 is 2.18 bits per heavy atom. The van der Waals surface area contributed by atoms with Crippen molar-refractivity contribution in [3.63, 3.8) is 0 Å². The van der Waals surface area contributed by atoms with Gasteiger partial charge in [-0.05, 0) is 25.7 Å². The maximum Gasteiger partial charge on any atom is 0.341 e. The molecule has 0 aliphatic carbocycles. The summed E-state index contributed by atoms with van der Waals surface area (Å²) < 4.78 is 1.59. The number of rotatable bonds is 6. The fourth-order valence-electron chi connectivity index (χ4n) is 1.83. The molecule has 5 nitrogen and oxygen atoms in total. The first-order valence-electron chi connectivity index (χ1n) is 5.94. The smallest absolute Gasteiger partial charge is 0.341 e. The minimum atomic E-state index is -0.929. The number of aromatic nitrogens is 2. The molecule has 96 valence electrons. The lowest BCUT2D eigenvalue weighted by Gasteiger charge is -2.09. The van der Waals surface area contributed by atoms with Crippen LogP contribution in [0.15, 0.2) is 0 Å². The van der Waals surface area contributed by atoms with E-state index in [-0.39, 0.29) is 5.56 Å². The molecule has 0 radical (unpaired) electrons. The Morgan fingerprint density at radius 1 is 1.53 bits per heavy atom. The monoisotopic (exact) mass is 239 g/mol. The van der Waals surface area contributed by atoms with E-state index >= 15 is 0 Å². The first-order valence-corrected chi connectivity index (χ1v) is 5.94. The molecule has 0 amide bonds. The van der Waals surface area contributed by atoms with Gasteiger partial charge in [-0.2, -0.15) is 5.10 Å². The summed E-state index contributed by atoms with van der Waals surface area (Å²) in [5, 5.41) is 16.4. The van der Waals surface area contributed by atoms with Crippen LogP contribution in [-0.2, 0) is 7.05 Å². The summed E-state index contributed by atoms with van der Waals surface area (Å²) in [7, 11) is 1.75. The molecule has 0 aromatic carbocycles. The van der Waals surface area contributed by atoms with Crippen molar-refractivity contribution in [2.24, 2.45) is 13.0 Å². The standard InChI is InChI=1S/C12H21N3O2/c1-8(2)6-5-7-13-11-10(12(16)17)9(3)14-15(11)4/h8,13H,5-7H2,1-4H3,(H,16,17). The van der Waals surface area contributed by atoms with Crippen molar-refractivity contribution in [1.82, 2.24) is 9.78 Å². The Bertz CT molecular complexity index is 397. The first-order chi connectivity index (χ1) is 7.93. The van der Waals surface area contributed by atoms with Crippen LogP contribution in [0.4, 0.5) is 5.82 Å². The molecule has 1 aromatic rings. The van der Waals surface area contributed by atoms with E-state index in [2.05, 4.69) is 24.3 Å². The molecule has 0 fully saturated rings. The predicted molar refractivity (Wildman–Crippen MR) is 67.5 cm³/mol. The summed E-state index contributed by atoms with van der Waals surface area (Å²) in [6, 6.07) is 0. The summed E-state index contributed by atoms with van der Waals surface area (Å²) in [6.45, 7) is 6.84. The maximum absolute atomic E-state index is 11.1. The molecule has 0 unspecified atom stereocenters. The van der Waals surface area contributed by atoms with E-state index in [0.717, 1.165) is 19.4 Å². The average Bonchev–Trinajstić information content (AvgIpc) is 2.48. The molecule has 0 spiro atoms. The Labute approximate surface area is 102 Å². The molecule has 0 saturated heterocycles. The zero-order chi connectivity index (χ0) is 13.0. The number of aromatic carboxylic acids is 1. The summed E-state index contributed by atoms with van der Waals surface area (Å²) >= 11 is 0. The molecule has 1 aromatic heterocycles. The van der Waals surface area contributed by atoms with E-state index < -0.39 is 5.97 Å². The number of nitrogens with zero attached hydrogens (tertiary/aromatic N) is 2. The van der Waals surface area contributed by atoms with Crippen molar-refractivity contribution >= 4 is 11.8 Å². The summed E-state index contributed by atoms with van der Waals surface area (Å²) in [6.07, 6.45) is 2.16. The zero-order valence-corrected chi connectivity index (χ0v) is 10.9. The van der Waals surface area contributed by atoms with Gasteiger partial charge in [0.1, 0.15) is 11.4 Å². The number of carboxylic acids is 1. The molecule has 0 saturated carbocycles. The molecular weight excluding hydrogens is 218 g/mol. The fourth-order valence-corrected chi connectivity index (χ4v) is 1.83. The zero-order valence-electron chi connectivity index (χ0n) is 10.9. The number of hydrogen-bond acceptors (Lipinski definition) is 3. The van der Waals surface area contributed by atoms with Gasteiger partial charge >= 0.3 is 5.97 Å². The number of aryl methyl sites for hydroxylation is 2. The maximum atomic E-state index is 11.1. The van der Waals surface area contributed by atoms with Crippen LogP contribution in [0.2, 0.25) is 0 Å². The van der Waals surface area contributed by atoms with Crippen molar-refractivity contribution in [1.29, 1.82) is 0 Å². The van der Waals surface area contributed by atoms with Gasteiger partial charge < -0.3 is 10.4 Å². The van der Waals surface area contributed by atoms with Crippen molar-refractivity contribution in [3.05, 3.63) is 11.3 Å². The molecule has 0 aliphatic rings. The number of carboxylic acid groups (broad SMARTS) is 1. The average molecular weight is 239 g/mol. The second-order valence-electron chi connectivity index (χ2n) is 4.70. The van der Waals surface area contributed by atoms with Gasteiger partial charge in [0, 0.05) is 13.6 Å². The molecule has 0 aliphatic heterocycles. The third-order valence-corrected chi connectivity index (χ3v) is 2.69. The topological polar surface area (TPSA) is 67.2 Å². The van der Waals surface area contributed by atoms with Crippen LogP contribution in [0.25, 0.3) is 0 Å². The fraction of sp³-hybridized carbons (Fsp3) is 0.667. The highest BCUT2D eigenvalue weighted by atomic mass is 16.4. The minimum Gasteiger partial charge on any atom is -0.477 e. The lowest BCUT2D eigenvalue weighted by molar-refractivity contribution is 0.0697. The van der Waals surface area contributed by atoms with Crippen LogP contribution in [0, 0.1) is 12.8 Å². The van der Waals surface area contributed by atoms with Crippen LogP contribution in [-0.4, -0.2) is 27.4 Å². The predicted octanol–water partition coefficient (Wildman–Crippen LogP) is 2.27. The first kappa shape index (κ1) is 13.5. The van der Waals surface area contributed by atoms with Gasteiger partial charge in [0.25, 0.3) is 0 Å². The van der Waals surface area contributed by atoms with Gasteiger partial charge in [0.05, 0.1) is 5.69 Å². The second kappa shape index (κ2) is 5.70. The van der Waals surface area contributed by atoms with Gasteiger partial charge in [0.15, 0.2) is 0 Å². The Morgan fingerprint density at radius 3 is 2.71 bits per heavy atom. The third kappa shape index (κ3) is 3.47. The molecule has 1 heterocycles. The second-order valence-corrected chi connectivity index (χ2v) is 4.70. The number of hydrogen-bond donors (Lipinski definition) is 2. The Balaban J connectivity index is 2.67. The van der Waals surface area contributed by atoms with Gasteiger partial charge in [-0.3, -0.25) is 4.68 Å². The normalized spacial score (nSPS) is 10.9. The van der Waals surface area contributed by atoms with E-state index in [1.54, 1.807) is 18.7 Å². The van der Waals surface area contributed by atoms with Crippen molar-refractivity contribution in [3.8, 4) is 0 Å². The van der Waals surface area contributed by atoms with Crippen molar-refractivity contribution < 1.29 is 9.90 Å². The molecule has 5 heteroatoms. The van der Waals surface area contributed by atoms with E-state index in [0.29, 0.717) is 17.4 Å².